The van der Waals surface area contributed by atoms with E-state index in [0.29, 0.717) is 17.9 Å². The molecule has 5 heteroatoms. The highest BCUT2D eigenvalue weighted by Crippen LogP contribution is 2.40. The van der Waals surface area contributed by atoms with E-state index in [2.05, 4.69) is 16.8 Å². The summed E-state index contributed by atoms with van der Waals surface area (Å²) in [6.45, 7) is 4.92. The van der Waals surface area contributed by atoms with E-state index in [-0.39, 0.29) is 11.5 Å². The zero-order valence-electron chi connectivity index (χ0n) is 15.0. The molecule has 0 spiro atoms. The zero-order valence-corrected chi connectivity index (χ0v) is 15.0. The van der Waals surface area contributed by atoms with Gasteiger partial charge in [-0.15, -0.1) is 0 Å². The van der Waals surface area contributed by atoms with Crippen LogP contribution in [0.25, 0.3) is 0 Å². The Kier molecular flexibility index (Phi) is 4.76. The molecule has 3 fully saturated rings. The van der Waals surface area contributed by atoms with Gasteiger partial charge in [-0.05, 0) is 43.6 Å². The molecule has 136 valence electrons. The molecule has 0 aromatic carbocycles. The number of amides is 1. The Hall–Kier alpha value is -1.49. The van der Waals surface area contributed by atoms with Crippen molar-refractivity contribution in [2.24, 2.45) is 11.8 Å². The standard InChI is InChI=1S/C20H28FN3O/c1-2-4-16-5-3-6-19-15-9-14(12-24(16)19)11-23(13-15)20(25)17-7-8-22-10-18(17)21/h7-8,10,14-16,19H,2-6,9,11-13H2,1H3/t14-,15+,16-,19-/m0/s1. The maximum atomic E-state index is 14.0. The minimum atomic E-state index is -0.509. The lowest BCUT2D eigenvalue weighted by Gasteiger charge is -2.55. The molecule has 0 unspecified atom stereocenters. The fraction of sp³-hybridized carbons (Fsp3) is 0.700. The van der Waals surface area contributed by atoms with Gasteiger partial charge in [0.1, 0.15) is 0 Å². The molecule has 0 N–H and O–H groups in total. The summed E-state index contributed by atoms with van der Waals surface area (Å²) in [5.74, 6) is 0.400. The topological polar surface area (TPSA) is 36.4 Å². The lowest BCUT2D eigenvalue weighted by Crippen LogP contribution is -2.62. The van der Waals surface area contributed by atoms with Crippen LogP contribution in [0.3, 0.4) is 0 Å². The average Bonchev–Trinajstić information content (AvgIpc) is 2.62. The van der Waals surface area contributed by atoms with Crippen LogP contribution in [0, 0.1) is 17.7 Å². The summed E-state index contributed by atoms with van der Waals surface area (Å²) in [7, 11) is 0. The van der Waals surface area contributed by atoms with Crippen LogP contribution in [0.2, 0.25) is 0 Å². The molecule has 4 atom stereocenters. The molecular weight excluding hydrogens is 317 g/mol. The van der Waals surface area contributed by atoms with Crippen LogP contribution >= 0.6 is 0 Å². The summed E-state index contributed by atoms with van der Waals surface area (Å²) in [4.78, 5) is 21.2. The Morgan fingerprint density at radius 1 is 1.32 bits per heavy atom. The van der Waals surface area contributed by atoms with Crippen molar-refractivity contribution in [3.63, 3.8) is 0 Å². The molecular formula is C20H28FN3O. The number of aromatic nitrogens is 1. The molecule has 0 aliphatic carbocycles. The van der Waals surface area contributed by atoms with Crippen LogP contribution in [0.5, 0.6) is 0 Å². The van der Waals surface area contributed by atoms with Crippen LogP contribution in [-0.4, -0.2) is 52.4 Å². The SMILES string of the molecule is CCC[C@H]1CCC[C@H]2[C@@H]3C[C@@H](CN(C(=O)c4ccncc4F)C3)CN12. The summed E-state index contributed by atoms with van der Waals surface area (Å²) >= 11 is 0. The number of nitrogens with zero attached hydrogens (tertiary/aromatic N) is 3. The number of likely N-dealkylation sites (tertiary alicyclic amines) is 1. The molecule has 0 saturated carbocycles. The van der Waals surface area contributed by atoms with Crippen LogP contribution in [0.1, 0.15) is 55.8 Å². The number of halogens is 1. The van der Waals surface area contributed by atoms with Crippen molar-refractivity contribution >= 4 is 5.91 Å². The number of rotatable bonds is 3. The van der Waals surface area contributed by atoms with Crippen molar-refractivity contribution < 1.29 is 9.18 Å². The first-order chi connectivity index (χ1) is 12.2. The van der Waals surface area contributed by atoms with Gasteiger partial charge in [0.15, 0.2) is 5.82 Å². The number of hydrogen-bond acceptors (Lipinski definition) is 3. The van der Waals surface area contributed by atoms with Gasteiger partial charge in [0.05, 0.1) is 11.8 Å². The second-order valence-corrected chi connectivity index (χ2v) is 8.07. The predicted octanol–water partition coefficient (Wildman–Crippen LogP) is 3.34. The van der Waals surface area contributed by atoms with E-state index in [9.17, 15) is 9.18 Å². The minimum absolute atomic E-state index is 0.163. The third kappa shape index (κ3) is 3.19. The molecule has 4 heterocycles. The summed E-state index contributed by atoms with van der Waals surface area (Å²) < 4.78 is 14.0. The molecule has 3 aliphatic rings. The van der Waals surface area contributed by atoms with E-state index in [4.69, 9.17) is 0 Å². The normalized spacial score (nSPS) is 32.3. The predicted molar refractivity (Wildman–Crippen MR) is 94.7 cm³/mol. The first kappa shape index (κ1) is 17.0. The third-order valence-corrected chi connectivity index (χ3v) is 6.43. The maximum Gasteiger partial charge on any atom is 0.256 e. The maximum absolute atomic E-state index is 14.0. The highest BCUT2D eigenvalue weighted by molar-refractivity contribution is 5.94. The van der Waals surface area contributed by atoms with Crippen molar-refractivity contribution in [3.05, 3.63) is 29.8 Å². The minimum Gasteiger partial charge on any atom is -0.338 e. The van der Waals surface area contributed by atoms with Crippen molar-refractivity contribution in [3.8, 4) is 0 Å². The van der Waals surface area contributed by atoms with Crippen LogP contribution in [0.4, 0.5) is 4.39 Å². The average molecular weight is 345 g/mol. The second-order valence-electron chi connectivity index (χ2n) is 8.07. The quantitative estimate of drug-likeness (QED) is 0.843. The molecule has 4 nitrogen and oxygen atoms in total. The Labute approximate surface area is 149 Å². The first-order valence-corrected chi connectivity index (χ1v) is 9.82. The smallest absolute Gasteiger partial charge is 0.256 e. The summed E-state index contributed by atoms with van der Waals surface area (Å²) in [5, 5.41) is 0. The largest absolute Gasteiger partial charge is 0.338 e. The molecule has 0 radical (unpaired) electrons. The summed E-state index contributed by atoms with van der Waals surface area (Å²) in [6.07, 6.45) is 10.3. The lowest BCUT2D eigenvalue weighted by molar-refractivity contribution is -0.0519. The molecule has 1 amide bonds. The van der Waals surface area contributed by atoms with Gasteiger partial charge in [0.2, 0.25) is 0 Å². The van der Waals surface area contributed by atoms with E-state index >= 15 is 0 Å². The Morgan fingerprint density at radius 2 is 2.20 bits per heavy atom. The van der Waals surface area contributed by atoms with Gasteiger partial charge in [0.25, 0.3) is 5.91 Å². The summed E-state index contributed by atoms with van der Waals surface area (Å²) in [5.41, 5.74) is 0.166. The molecule has 3 aliphatic heterocycles. The molecule has 3 saturated heterocycles. The third-order valence-electron chi connectivity index (χ3n) is 6.43. The van der Waals surface area contributed by atoms with E-state index in [1.807, 2.05) is 4.90 Å². The van der Waals surface area contributed by atoms with E-state index in [1.54, 1.807) is 0 Å². The molecule has 25 heavy (non-hydrogen) atoms. The molecule has 1 aromatic rings. The summed E-state index contributed by atoms with van der Waals surface area (Å²) in [6, 6.07) is 2.85. The van der Waals surface area contributed by atoms with Gasteiger partial charge in [-0.25, -0.2) is 4.39 Å². The van der Waals surface area contributed by atoms with Crippen LogP contribution < -0.4 is 0 Å². The van der Waals surface area contributed by atoms with Gasteiger partial charge in [-0.1, -0.05) is 19.8 Å². The van der Waals surface area contributed by atoms with Crippen molar-refractivity contribution in [2.45, 2.75) is 57.5 Å². The number of fused-ring (bicyclic) bond motifs is 4. The van der Waals surface area contributed by atoms with E-state index in [1.165, 1.54) is 50.8 Å². The van der Waals surface area contributed by atoms with Gasteiger partial charge in [-0.2, -0.15) is 0 Å². The van der Waals surface area contributed by atoms with Crippen LogP contribution in [0.15, 0.2) is 18.5 Å². The monoisotopic (exact) mass is 345 g/mol. The Morgan fingerprint density at radius 3 is 3.00 bits per heavy atom. The Balaban J connectivity index is 1.51. The fourth-order valence-electron chi connectivity index (χ4n) is 5.44. The fourth-order valence-corrected chi connectivity index (χ4v) is 5.44. The highest BCUT2D eigenvalue weighted by Gasteiger charge is 2.45. The van der Waals surface area contributed by atoms with Gasteiger partial charge >= 0.3 is 0 Å². The number of carbonyl (C=O) groups excluding carboxylic acids is 1. The number of piperidine rings is 3. The molecule has 2 bridgehead atoms. The van der Waals surface area contributed by atoms with Crippen LogP contribution in [-0.2, 0) is 0 Å². The van der Waals surface area contributed by atoms with Gasteiger partial charge < -0.3 is 4.90 Å². The first-order valence-electron chi connectivity index (χ1n) is 9.82. The van der Waals surface area contributed by atoms with Crippen molar-refractivity contribution in [1.29, 1.82) is 0 Å². The Bertz CT molecular complexity index is 635. The number of hydrogen-bond donors (Lipinski definition) is 0. The zero-order chi connectivity index (χ0) is 17.4. The van der Waals surface area contributed by atoms with Gasteiger partial charge in [0, 0.05) is 37.9 Å². The van der Waals surface area contributed by atoms with E-state index in [0.717, 1.165) is 31.9 Å². The van der Waals surface area contributed by atoms with Crippen molar-refractivity contribution in [1.82, 2.24) is 14.8 Å². The second kappa shape index (κ2) is 7.02. The number of carbonyl (C=O) groups is 1. The van der Waals surface area contributed by atoms with Gasteiger partial charge in [-0.3, -0.25) is 14.7 Å². The molecule has 4 rings (SSSR count). The van der Waals surface area contributed by atoms with E-state index < -0.39 is 5.82 Å². The molecule has 1 aromatic heterocycles. The highest BCUT2D eigenvalue weighted by atomic mass is 19.1. The number of pyridine rings is 1. The van der Waals surface area contributed by atoms with Crippen molar-refractivity contribution in [2.75, 3.05) is 19.6 Å². The lowest BCUT2D eigenvalue weighted by atomic mass is 9.74.